The first-order chi connectivity index (χ1) is 11.7. The molecule has 2 aromatic carbocycles. The number of carbonyl (C=O) groups is 1. The van der Waals surface area contributed by atoms with Crippen molar-refractivity contribution in [2.24, 2.45) is 0 Å². The first-order valence-corrected chi connectivity index (χ1v) is 8.17. The zero-order valence-corrected chi connectivity index (χ0v) is 13.6. The van der Waals surface area contributed by atoms with Gasteiger partial charge in [0.05, 0.1) is 18.8 Å². The van der Waals surface area contributed by atoms with Gasteiger partial charge in [-0.3, -0.25) is 4.90 Å². The summed E-state index contributed by atoms with van der Waals surface area (Å²) in [6, 6.07) is 14.4. The van der Waals surface area contributed by atoms with E-state index in [1.807, 2.05) is 24.3 Å². The average molecular weight is 326 g/mol. The minimum absolute atomic E-state index is 0.379. The minimum atomic E-state index is -0.379. The highest BCUT2D eigenvalue weighted by Gasteiger charge is 2.11. The SMILES string of the molecule is Nc1ccc(C(=O)Oc2ccc(CCN3CCOCC3)cc2)cc1. The Bertz CT molecular complexity index is 662. The van der Waals surface area contributed by atoms with Crippen molar-refractivity contribution in [3.63, 3.8) is 0 Å². The Morgan fingerprint density at radius 1 is 1.04 bits per heavy atom. The highest BCUT2D eigenvalue weighted by molar-refractivity contribution is 5.91. The van der Waals surface area contributed by atoms with Gasteiger partial charge in [0.2, 0.25) is 0 Å². The molecular formula is C19H22N2O3. The van der Waals surface area contributed by atoms with E-state index in [4.69, 9.17) is 15.2 Å². The quantitative estimate of drug-likeness (QED) is 0.519. The van der Waals surface area contributed by atoms with E-state index in [0.717, 1.165) is 39.3 Å². The summed E-state index contributed by atoms with van der Waals surface area (Å²) in [5.74, 6) is 0.169. The van der Waals surface area contributed by atoms with Gasteiger partial charge in [-0.25, -0.2) is 4.79 Å². The Hall–Kier alpha value is -2.37. The molecule has 1 saturated heterocycles. The van der Waals surface area contributed by atoms with Gasteiger partial charge in [0.1, 0.15) is 5.75 Å². The monoisotopic (exact) mass is 326 g/mol. The van der Waals surface area contributed by atoms with Crippen LogP contribution in [0.1, 0.15) is 15.9 Å². The third kappa shape index (κ3) is 4.57. The second-order valence-electron chi connectivity index (χ2n) is 5.86. The Morgan fingerprint density at radius 3 is 2.38 bits per heavy atom. The van der Waals surface area contributed by atoms with Crippen LogP contribution in [-0.4, -0.2) is 43.7 Å². The van der Waals surface area contributed by atoms with Gasteiger partial charge in [-0.1, -0.05) is 12.1 Å². The highest BCUT2D eigenvalue weighted by atomic mass is 16.5. The van der Waals surface area contributed by atoms with Gasteiger partial charge in [0.25, 0.3) is 0 Å². The number of nitrogens with zero attached hydrogens (tertiary/aromatic N) is 1. The van der Waals surface area contributed by atoms with Crippen molar-refractivity contribution in [2.75, 3.05) is 38.6 Å². The Balaban J connectivity index is 1.52. The molecule has 0 saturated carbocycles. The topological polar surface area (TPSA) is 64.8 Å². The number of esters is 1. The van der Waals surface area contributed by atoms with Crippen molar-refractivity contribution >= 4 is 11.7 Å². The van der Waals surface area contributed by atoms with Crippen LogP contribution in [-0.2, 0) is 11.2 Å². The molecule has 0 aliphatic carbocycles. The van der Waals surface area contributed by atoms with Gasteiger partial charge >= 0.3 is 5.97 Å². The molecule has 1 aliphatic rings. The summed E-state index contributed by atoms with van der Waals surface area (Å²) in [6.07, 6.45) is 0.978. The molecule has 0 unspecified atom stereocenters. The number of hydrogen-bond donors (Lipinski definition) is 1. The Labute approximate surface area is 142 Å². The maximum atomic E-state index is 12.1. The van der Waals surface area contributed by atoms with Gasteiger partial charge in [0.15, 0.2) is 0 Å². The molecule has 126 valence electrons. The summed E-state index contributed by atoms with van der Waals surface area (Å²) in [7, 11) is 0. The molecule has 0 bridgehead atoms. The first kappa shape index (κ1) is 16.5. The minimum Gasteiger partial charge on any atom is -0.423 e. The third-order valence-electron chi connectivity index (χ3n) is 4.10. The van der Waals surface area contributed by atoms with E-state index in [2.05, 4.69) is 4.90 Å². The molecule has 0 aromatic heterocycles. The number of anilines is 1. The van der Waals surface area contributed by atoms with Gasteiger partial charge < -0.3 is 15.2 Å². The zero-order chi connectivity index (χ0) is 16.8. The lowest BCUT2D eigenvalue weighted by Gasteiger charge is -2.26. The summed E-state index contributed by atoms with van der Waals surface area (Å²) >= 11 is 0. The standard InChI is InChI=1S/C19H22N2O3/c20-17-5-3-16(4-6-17)19(22)24-18-7-1-15(2-8-18)9-10-21-11-13-23-14-12-21/h1-8H,9-14,20H2. The maximum absolute atomic E-state index is 12.1. The van der Waals surface area contributed by atoms with E-state index in [0.29, 0.717) is 17.0 Å². The number of nitrogens with two attached hydrogens (primary N) is 1. The van der Waals surface area contributed by atoms with E-state index in [9.17, 15) is 4.79 Å². The van der Waals surface area contributed by atoms with Crippen LogP contribution in [0, 0.1) is 0 Å². The van der Waals surface area contributed by atoms with E-state index in [-0.39, 0.29) is 5.97 Å². The molecule has 1 aliphatic heterocycles. The first-order valence-electron chi connectivity index (χ1n) is 8.17. The number of morpholine rings is 1. The van der Waals surface area contributed by atoms with E-state index >= 15 is 0 Å². The van der Waals surface area contributed by atoms with Gasteiger partial charge in [-0.15, -0.1) is 0 Å². The van der Waals surface area contributed by atoms with Crippen molar-refractivity contribution in [3.05, 3.63) is 59.7 Å². The second-order valence-corrected chi connectivity index (χ2v) is 5.86. The van der Waals surface area contributed by atoms with Crippen molar-refractivity contribution in [1.29, 1.82) is 0 Å². The predicted octanol–water partition coefficient (Wildman–Crippen LogP) is 2.36. The van der Waals surface area contributed by atoms with Crippen molar-refractivity contribution in [1.82, 2.24) is 4.90 Å². The van der Waals surface area contributed by atoms with E-state index in [1.54, 1.807) is 24.3 Å². The third-order valence-corrected chi connectivity index (χ3v) is 4.10. The highest BCUT2D eigenvalue weighted by Crippen LogP contribution is 2.16. The lowest BCUT2D eigenvalue weighted by Crippen LogP contribution is -2.37. The van der Waals surface area contributed by atoms with Crippen molar-refractivity contribution in [3.8, 4) is 5.75 Å². The second kappa shape index (κ2) is 7.95. The van der Waals surface area contributed by atoms with Crippen LogP contribution in [0.2, 0.25) is 0 Å². The maximum Gasteiger partial charge on any atom is 0.343 e. The van der Waals surface area contributed by atoms with Crippen LogP contribution in [0.15, 0.2) is 48.5 Å². The molecule has 2 N–H and O–H groups in total. The molecule has 1 fully saturated rings. The summed E-state index contributed by atoms with van der Waals surface area (Å²) in [6.45, 7) is 4.66. The van der Waals surface area contributed by atoms with E-state index in [1.165, 1.54) is 5.56 Å². The lowest BCUT2D eigenvalue weighted by molar-refractivity contribution is 0.0384. The normalized spacial score (nSPS) is 15.2. The molecule has 2 aromatic rings. The lowest BCUT2D eigenvalue weighted by atomic mass is 10.1. The molecule has 0 radical (unpaired) electrons. The van der Waals surface area contributed by atoms with Crippen LogP contribution >= 0.6 is 0 Å². The van der Waals surface area contributed by atoms with Crippen LogP contribution in [0.3, 0.4) is 0 Å². The summed E-state index contributed by atoms with van der Waals surface area (Å²) in [5, 5.41) is 0. The molecule has 1 heterocycles. The summed E-state index contributed by atoms with van der Waals surface area (Å²) < 4.78 is 10.7. The van der Waals surface area contributed by atoms with Gasteiger partial charge in [0, 0.05) is 25.3 Å². The zero-order valence-electron chi connectivity index (χ0n) is 13.6. The molecule has 0 spiro atoms. The van der Waals surface area contributed by atoms with Gasteiger partial charge in [-0.2, -0.15) is 0 Å². The smallest absolute Gasteiger partial charge is 0.343 e. The summed E-state index contributed by atoms with van der Waals surface area (Å²) in [4.78, 5) is 14.5. The predicted molar refractivity (Wildman–Crippen MR) is 93.2 cm³/mol. The molecule has 5 nitrogen and oxygen atoms in total. The Morgan fingerprint density at radius 2 is 1.71 bits per heavy atom. The van der Waals surface area contributed by atoms with E-state index < -0.39 is 0 Å². The van der Waals surface area contributed by atoms with Crippen LogP contribution in [0.4, 0.5) is 5.69 Å². The number of ether oxygens (including phenoxy) is 2. The fraction of sp³-hybridized carbons (Fsp3) is 0.316. The fourth-order valence-corrected chi connectivity index (χ4v) is 2.62. The molecule has 5 heteroatoms. The molecule has 24 heavy (non-hydrogen) atoms. The number of benzene rings is 2. The number of hydrogen-bond acceptors (Lipinski definition) is 5. The van der Waals surface area contributed by atoms with Crippen molar-refractivity contribution in [2.45, 2.75) is 6.42 Å². The average Bonchev–Trinajstić information content (AvgIpc) is 2.62. The molecule has 0 amide bonds. The molecule has 3 rings (SSSR count). The van der Waals surface area contributed by atoms with Gasteiger partial charge in [-0.05, 0) is 48.4 Å². The number of carbonyl (C=O) groups excluding carboxylic acids is 1. The number of rotatable bonds is 5. The molecular weight excluding hydrogens is 304 g/mol. The van der Waals surface area contributed by atoms with Crippen LogP contribution < -0.4 is 10.5 Å². The fourth-order valence-electron chi connectivity index (χ4n) is 2.62. The van der Waals surface area contributed by atoms with Crippen LogP contribution in [0.25, 0.3) is 0 Å². The largest absolute Gasteiger partial charge is 0.423 e. The summed E-state index contributed by atoms with van der Waals surface area (Å²) in [5.41, 5.74) is 7.95. The van der Waals surface area contributed by atoms with Crippen molar-refractivity contribution < 1.29 is 14.3 Å². The number of nitrogen functional groups attached to an aromatic ring is 1. The van der Waals surface area contributed by atoms with Crippen LogP contribution in [0.5, 0.6) is 5.75 Å². The molecule has 0 atom stereocenters. The Kier molecular flexibility index (Phi) is 5.46.